The molecule has 0 bridgehead atoms. The molecule has 80 valence electrons. The molecule has 0 saturated heterocycles. The van der Waals surface area contributed by atoms with E-state index < -0.39 is 11.9 Å². The maximum atomic E-state index is 10.9. The summed E-state index contributed by atoms with van der Waals surface area (Å²) in [7, 11) is 1.50. The zero-order valence-corrected chi connectivity index (χ0v) is 8.25. The van der Waals surface area contributed by atoms with Gasteiger partial charge in [-0.05, 0) is 6.92 Å². The molecule has 14 heavy (non-hydrogen) atoms. The molecule has 0 spiro atoms. The first-order valence-electron chi connectivity index (χ1n) is 4.12. The van der Waals surface area contributed by atoms with Crippen LogP contribution in [0.25, 0.3) is 0 Å². The van der Waals surface area contributed by atoms with Crippen molar-refractivity contribution in [1.82, 2.24) is 10.6 Å². The molecular formula is C8H14N2O4. The van der Waals surface area contributed by atoms with E-state index in [1.807, 2.05) is 5.32 Å². The molecule has 0 aliphatic rings. The number of urea groups is 1. The van der Waals surface area contributed by atoms with Gasteiger partial charge in [0.2, 0.25) is 5.91 Å². The number of carbonyl (C=O) groups excluding carboxylic acids is 3. The molecule has 0 aromatic heterocycles. The van der Waals surface area contributed by atoms with E-state index >= 15 is 0 Å². The van der Waals surface area contributed by atoms with Crippen molar-refractivity contribution in [3.05, 3.63) is 0 Å². The molecule has 0 aromatic rings. The van der Waals surface area contributed by atoms with E-state index in [9.17, 15) is 14.4 Å². The summed E-state index contributed by atoms with van der Waals surface area (Å²) in [6.45, 7) is 1.96. The molecule has 0 aliphatic heterocycles. The second-order valence-corrected chi connectivity index (χ2v) is 2.68. The van der Waals surface area contributed by atoms with E-state index in [0.717, 1.165) is 0 Å². The first-order valence-corrected chi connectivity index (χ1v) is 4.12. The minimum atomic E-state index is -0.617. The SMILES string of the molecule is COCCNC(=O)NC(=O)CC(C)=O. The standard InChI is InChI=1S/C8H14N2O4/c1-6(11)5-7(12)10-8(13)9-3-4-14-2/h3-5H2,1-2H3,(H2,9,10,12,13). The third-order valence-corrected chi connectivity index (χ3v) is 1.25. The average Bonchev–Trinajstić information content (AvgIpc) is 2.02. The molecule has 0 radical (unpaired) electrons. The lowest BCUT2D eigenvalue weighted by atomic mass is 10.3. The fourth-order valence-corrected chi connectivity index (χ4v) is 0.708. The van der Waals surface area contributed by atoms with Crippen LogP contribution >= 0.6 is 0 Å². The number of ketones is 1. The minimum Gasteiger partial charge on any atom is -0.383 e. The molecule has 0 fully saturated rings. The number of ether oxygens (including phenoxy) is 1. The normalized spacial score (nSPS) is 9.29. The van der Waals surface area contributed by atoms with Crippen LogP contribution in [0.15, 0.2) is 0 Å². The summed E-state index contributed by atoms with van der Waals surface area (Å²) in [5.74, 6) is -0.889. The average molecular weight is 202 g/mol. The molecule has 6 heteroatoms. The summed E-state index contributed by atoms with van der Waals surface area (Å²) < 4.78 is 4.68. The zero-order chi connectivity index (χ0) is 11.0. The highest BCUT2D eigenvalue weighted by atomic mass is 16.5. The van der Waals surface area contributed by atoms with Gasteiger partial charge in [-0.15, -0.1) is 0 Å². The minimum absolute atomic E-state index is 0.280. The first-order chi connectivity index (χ1) is 6.56. The van der Waals surface area contributed by atoms with Crippen LogP contribution in [0.4, 0.5) is 4.79 Å². The molecule has 0 rings (SSSR count). The second-order valence-electron chi connectivity index (χ2n) is 2.68. The summed E-state index contributed by atoms with van der Waals surface area (Å²) in [5.41, 5.74) is 0. The fourth-order valence-electron chi connectivity index (χ4n) is 0.708. The molecule has 6 nitrogen and oxygen atoms in total. The van der Waals surface area contributed by atoms with Crippen LogP contribution in [0.1, 0.15) is 13.3 Å². The number of hydrogen-bond acceptors (Lipinski definition) is 4. The molecule has 0 unspecified atom stereocenters. The van der Waals surface area contributed by atoms with Crippen LogP contribution in [-0.4, -0.2) is 38.0 Å². The quantitative estimate of drug-likeness (QED) is 0.462. The van der Waals surface area contributed by atoms with E-state index in [1.54, 1.807) is 0 Å². The van der Waals surface area contributed by atoms with Crippen molar-refractivity contribution < 1.29 is 19.1 Å². The van der Waals surface area contributed by atoms with Gasteiger partial charge in [-0.3, -0.25) is 14.9 Å². The topological polar surface area (TPSA) is 84.5 Å². The van der Waals surface area contributed by atoms with Crippen molar-refractivity contribution in [2.24, 2.45) is 0 Å². The summed E-state index contributed by atoms with van der Waals surface area (Å²) in [6, 6.07) is -0.617. The van der Waals surface area contributed by atoms with Crippen molar-refractivity contribution in [2.75, 3.05) is 20.3 Å². The van der Waals surface area contributed by atoms with Gasteiger partial charge in [0, 0.05) is 13.7 Å². The van der Waals surface area contributed by atoms with Crippen LogP contribution < -0.4 is 10.6 Å². The predicted molar refractivity (Wildman–Crippen MR) is 48.7 cm³/mol. The van der Waals surface area contributed by atoms with Crippen LogP contribution in [0.2, 0.25) is 0 Å². The highest BCUT2D eigenvalue weighted by molar-refractivity contribution is 6.03. The Morgan fingerprint density at radius 2 is 1.93 bits per heavy atom. The van der Waals surface area contributed by atoms with Gasteiger partial charge in [-0.25, -0.2) is 4.79 Å². The van der Waals surface area contributed by atoms with E-state index in [0.29, 0.717) is 13.2 Å². The van der Waals surface area contributed by atoms with Crippen LogP contribution in [-0.2, 0) is 14.3 Å². The number of methoxy groups -OCH3 is 1. The highest BCUT2D eigenvalue weighted by Crippen LogP contribution is 1.81. The molecule has 0 saturated carbocycles. The Bertz CT molecular complexity index is 227. The van der Waals surface area contributed by atoms with Crippen LogP contribution in [0, 0.1) is 0 Å². The number of rotatable bonds is 5. The van der Waals surface area contributed by atoms with Gasteiger partial charge >= 0.3 is 6.03 Å². The van der Waals surface area contributed by atoms with Gasteiger partial charge < -0.3 is 10.1 Å². The Morgan fingerprint density at radius 1 is 1.29 bits per heavy atom. The van der Waals surface area contributed by atoms with Crippen molar-refractivity contribution in [3.63, 3.8) is 0 Å². The number of Topliss-reactive ketones (excluding diaryl/α,β-unsaturated/α-hetero) is 1. The number of amides is 3. The lowest BCUT2D eigenvalue weighted by Crippen LogP contribution is -2.41. The van der Waals surface area contributed by atoms with Gasteiger partial charge in [-0.1, -0.05) is 0 Å². The lowest BCUT2D eigenvalue weighted by Gasteiger charge is -2.04. The van der Waals surface area contributed by atoms with Crippen LogP contribution in [0.5, 0.6) is 0 Å². The molecule has 0 atom stereocenters. The van der Waals surface area contributed by atoms with Crippen molar-refractivity contribution >= 4 is 17.7 Å². The molecule has 0 aromatic carbocycles. The lowest BCUT2D eigenvalue weighted by molar-refractivity contribution is -0.126. The van der Waals surface area contributed by atoms with E-state index in [2.05, 4.69) is 10.1 Å². The summed E-state index contributed by atoms with van der Waals surface area (Å²) in [5, 5.41) is 4.39. The zero-order valence-electron chi connectivity index (χ0n) is 8.25. The first kappa shape index (κ1) is 12.6. The third kappa shape index (κ3) is 7.23. The number of imide groups is 1. The third-order valence-electron chi connectivity index (χ3n) is 1.25. The Morgan fingerprint density at radius 3 is 2.43 bits per heavy atom. The molecular weight excluding hydrogens is 188 g/mol. The van der Waals surface area contributed by atoms with Crippen molar-refractivity contribution in [1.29, 1.82) is 0 Å². The van der Waals surface area contributed by atoms with Gasteiger partial charge in [0.05, 0.1) is 13.0 Å². The maximum Gasteiger partial charge on any atom is 0.321 e. The summed E-state index contributed by atoms with van der Waals surface area (Å²) >= 11 is 0. The predicted octanol–water partition coefficient (Wildman–Crippen LogP) is -0.562. The Hall–Kier alpha value is -1.43. The maximum absolute atomic E-state index is 10.9. The molecule has 2 N–H and O–H groups in total. The summed E-state index contributed by atoms with van der Waals surface area (Å²) in [4.78, 5) is 32.3. The Kier molecular flexibility index (Phi) is 6.30. The van der Waals surface area contributed by atoms with Crippen molar-refractivity contribution in [3.8, 4) is 0 Å². The summed E-state index contributed by atoms with van der Waals surface area (Å²) in [6.07, 6.45) is -0.280. The Balaban J connectivity index is 3.61. The fraction of sp³-hybridized carbons (Fsp3) is 0.625. The number of carbonyl (C=O) groups is 3. The highest BCUT2D eigenvalue weighted by Gasteiger charge is 2.08. The van der Waals surface area contributed by atoms with E-state index in [-0.39, 0.29) is 12.2 Å². The smallest absolute Gasteiger partial charge is 0.321 e. The number of nitrogens with one attached hydrogen (secondary N) is 2. The molecule has 3 amide bonds. The van der Waals surface area contributed by atoms with Crippen LogP contribution in [0.3, 0.4) is 0 Å². The van der Waals surface area contributed by atoms with Gasteiger partial charge in [0.1, 0.15) is 5.78 Å². The monoisotopic (exact) mass is 202 g/mol. The number of hydrogen-bond donors (Lipinski definition) is 2. The molecule has 0 heterocycles. The van der Waals surface area contributed by atoms with E-state index in [4.69, 9.17) is 0 Å². The van der Waals surface area contributed by atoms with Gasteiger partial charge in [0.25, 0.3) is 0 Å². The van der Waals surface area contributed by atoms with Gasteiger partial charge in [-0.2, -0.15) is 0 Å². The van der Waals surface area contributed by atoms with Crippen molar-refractivity contribution in [2.45, 2.75) is 13.3 Å². The second kappa shape index (κ2) is 7.02. The molecule has 0 aliphatic carbocycles. The van der Waals surface area contributed by atoms with Gasteiger partial charge in [0.15, 0.2) is 0 Å². The van der Waals surface area contributed by atoms with E-state index in [1.165, 1.54) is 14.0 Å². The Labute approximate surface area is 82.0 Å². The largest absolute Gasteiger partial charge is 0.383 e.